The molecule has 7 atom stereocenters. The highest BCUT2D eigenvalue weighted by molar-refractivity contribution is 5.87. The van der Waals surface area contributed by atoms with Crippen LogP contribution in [0.25, 0.3) is 0 Å². The number of carboxylic acids is 2. The van der Waals surface area contributed by atoms with Crippen molar-refractivity contribution < 1.29 is 66.7 Å². The molecule has 55 heavy (non-hydrogen) atoms. The molecule has 1 aliphatic heterocycles. The maximum atomic E-state index is 14.4. The molecule has 0 spiro atoms. The largest absolute Gasteiger partial charge is 0.481 e. The number of carbonyl (C=O) groups is 5. The normalized spacial score (nSPS) is 27.1. The number of aliphatic carboxylic acids is 2. The number of halogens is 4. The molecule has 0 aromatic heterocycles. The first-order valence-electron chi connectivity index (χ1n) is 20.0. The number of hydrogen-bond acceptors (Lipinski definition) is 8. The van der Waals surface area contributed by atoms with Crippen LogP contribution in [0, 0.1) is 23.7 Å². The van der Waals surface area contributed by atoms with Crippen molar-refractivity contribution in [2.75, 3.05) is 0 Å². The van der Waals surface area contributed by atoms with Crippen molar-refractivity contribution in [3.8, 4) is 0 Å². The molecule has 1 unspecified atom stereocenters. The summed E-state index contributed by atoms with van der Waals surface area (Å²) in [6, 6.07) is 0. The lowest BCUT2D eigenvalue weighted by molar-refractivity contribution is -0.356. The van der Waals surface area contributed by atoms with E-state index in [1.807, 2.05) is 31.2 Å². The third-order valence-electron chi connectivity index (χ3n) is 11.1. The van der Waals surface area contributed by atoms with Crippen molar-refractivity contribution in [2.24, 2.45) is 23.7 Å². The minimum Gasteiger partial charge on any atom is -0.481 e. The summed E-state index contributed by atoms with van der Waals surface area (Å²) in [4.78, 5) is 57.2. The molecule has 2 aliphatic carbocycles. The molecule has 1 heterocycles. The van der Waals surface area contributed by atoms with Crippen LogP contribution in [0.1, 0.15) is 149 Å². The monoisotopic (exact) mass is 790 g/mol. The molecule has 4 N–H and O–H groups in total. The predicted molar refractivity (Wildman–Crippen MR) is 197 cm³/mol. The number of fused-ring (bicyclic) bond motifs is 1. The number of ether oxygens (including phenoxy) is 1. The zero-order valence-electron chi connectivity index (χ0n) is 32.4. The molecule has 3 fully saturated rings. The van der Waals surface area contributed by atoms with Crippen molar-refractivity contribution in [1.82, 2.24) is 0 Å². The van der Waals surface area contributed by atoms with Crippen LogP contribution in [0.2, 0.25) is 0 Å². The minimum absolute atomic E-state index is 0.00219. The Hall–Kier alpha value is -2.97. The molecule has 314 valence electrons. The van der Waals surface area contributed by atoms with Gasteiger partial charge in [-0.15, -0.1) is 0 Å². The Bertz CT molecular complexity index is 1320. The van der Waals surface area contributed by atoms with Gasteiger partial charge in [0, 0.05) is 63.2 Å². The van der Waals surface area contributed by atoms with E-state index in [4.69, 9.17) is 14.9 Å². The van der Waals surface area contributed by atoms with Crippen molar-refractivity contribution in [3.05, 3.63) is 24.3 Å². The number of hydrogen-bond donors (Lipinski definition) is 4. The van der Waals surface area contributed by atoms with Crippen molar-refractivity contribution in [1.29, 1.82) is 0 Å². The van der Waals surface area contributed by atoms with E-state index in [-0.39, 0.29) is 74.8 Å². The molecule has 0 radical (unpaired) electrons. The second-order valence-electron chi connectivity index (χ2n) is 15.3. The lowest BCUT2D eigenvalue weighted by Crippen LogP contribution is -2.55. The van der Waals surface area contributed by atoms with Gasteiger partial charge in [-0.25, -0.2) is 8.78 Å². The average Bonchev–Trinajstić information content (AvgIpc) is 3.57. The smallest absolute Gasteiger partial charge is 0.305 e. The van der Waals surface area contributed by atoms with E-state index in [0.29, 0.717) is 64.2 Å². The number of aliphatic hydroxyl groups is 2. The molecule has 0 aromatic carbocycles. The summed E-state index contributed by atoms with van der Waals surface area (Å²) in [5.74, 6) is -13.4. The van der Waals surface area contributed by atoms with Gasteiger partial charge in [-0.2, -0.15) is 8.78 Å². The molecule has 0 bridgehead atoms. The first-order valence-corrected chi connectivity index (χ1v) is 20.0. The summed E-state index contributed by atoms with van der Waals surface area (Å²) in [5, 5.41) is 37.7. The van der Waals surface area contributed by atoms with E-state index >= 15 is 0 Å². The lowest BCUT2D eigenvalue weighted by Gasteiger charge is -2.43. The summed E-state index contributed by atoms with van der Waals surface area (Å²) in [5.41, 5.74) is 0. The minimum atomic E-state index is -3.34. The highest BCUT2D eigenvalue weighted by Crippen LogP contribution is 2.49. The Kier molecular flexibility index (Phi) is 20.4. The number of carboxylic acid groups (broad SMARTS) is 2. The molecule has 14 heteroatoms. The van der Waals surface area contributed by atoms with Gasteiger partial charge in [0.1, 0.15) is 11.6 Å². The van der Waals surface area contributed by atoms with E-state index in [9.17, 15) is 51.7 Å². The quantitative estimate of drug-likeness (QED) is 0.0422. The topological polar surface area (TPSA) is 175 Å². The Morgan fingerprint density at radius 3 is 1.96 bits per heavy atom. The Balaban J connectivity index is 0.000000380. The number of alkyl halides is 4. The van der Waals surface area contributed by atoms with Gasteiger partial charge in [0.05, 0.1) is 12.2 Å². The van der Waals surface area contributed by atoms with Crippen LogP contribution < -0.4 is 0 Å². The molecule has 10 nitrogen and oxygen atoms in total. The van der Waals surface area contributed by atoms with Gasteiger partial charge in [-0.1, -0.05) is 51.0 Å². The first kappa shape index (κ1) is 48.2. The SMILES string of the molecule is CCCCC(F)(F)C(=O)CC[C@H]1[C@H](O)CC(=O)[C@@H]1C/C=C\CCCCC(=O)O.CCCCC(F)(F)C1(O)CC[C@H]2[C@@H](CC(=O)[C@@H]2C/C=C\CCCC(=O)O)O1. The average molecular weight is 791 g/mol. The number of rotatable bonds is 24. The van der Waals surface area contributed by atoms with Crippen molar-refractivity contribution in [2.45, 2.75) is 179 Å². The summed E-state index contributed by atoms with van der Waals surface area (Å²) in [6.45, 7) is 3.60. The number of ketones is 3. The van der Waals surface area contributed by atoms with Crippen LogP contribution in [0.3, 0.4) is 0 Å². The van der Waals surface area contributed by atoms with Gasteiger partial charge in [-0.05, 0) is 82.5 Å². The Morgan fingerprint density at radius 1 is 0.782 bits per heavy atom. The highest BCUT2D eigenvalue weighted by atomic mass is 19.3. The molecule has 2 saturated carbocycles. The molecule has 3 aliphatic rings. The number of aliphatic hydroxyl groups excluding tert-OH is 1. The summed E-state index contributed by atoms with van der Waals surface area (Å²) < 4.78 is 61.9. The maximum Gasteiger partial charge on any atom is 0.305 e. The summed E-state index contributed by atoms with van der Waals surface area (Å²) in [7, 11) is 0. The van der Waals surface area contributed by atoms with E-state index < -0.39 is 72.2 Å². The maximum absolute atomic E-state index is 14.4. The summed E-state index contributed by atoms with van der Waals surface area (Å²) >= 11 is 0. The number of carbonyl (C=O) groups excluding carboxylic acids is 3. The van der Waals surface area contributed by atoms with E-state index in [2.05, 4.69) is 0 Å². The highest BCUT2D eigenvalue weighted by Gasteiger charge is 2.60. The molecular weight excluding hydrogens is 728 g/mol. The zero-order valence-corrected chi connectivity index (χ0v) is 32.4. The third-order valence-corrected chi connectivity index (χ3v) is 11.1. The van der Waals surface area contributed by atoms with Crippen molar-refractivity contribution >= 4 is 29.3 Å². The van der Waals surface area contributed by atoms with Gasteiger partial charge in [0.15, 0.2) is 0 Å². The lowest BCUT2D eigenvalue weighted by atomic mass is 9.82. The van der Waals surface area contributed by atoms with Gasteiger partial charge in [0.2, 0.25) is 11.6 Å². The van der Waals surface area contributed by atoms with Gasteiger partial charge in [0.25, 0.3) is 0 Å². The van der Waals surface area contributed by atoms with Gasteiger partial charge >= 0.3 is 23.8 Å². The predicted octanol–water partition coefficient (Wildman–Crippen LogP) is 8.40. The van der Waals surface area contributed by atoms with Crippen LogP contribution >= 0.6 is 0 Å². The van der Waals surface area contributed by atoms with Gasteiger partial charge < -0.3 is 25.2 Å². The van der Waals surface area contributed by atoms with Crippen LogP contribution in [-0.2, 0) is 28.7 Å². The first-order chi connectivity index (χ1) is 25.9. The van der Waals surface area contributed by atoms with Crippen LogP contribution in [0.5, 0.6) is 0 Å². The number of Topliss-reactive ketones (excluding diaryl/α,β-unsaturated/α-hetero) is 3. The van der Waals surface area contributed by atoms with E-state index in [1.54, 1.807) is 6.92 Å². The van der Waals surface area contributed by atoms with Crippen LogP contribution in [0.4, 0.5) is 17.6 Å². The molecular formula is C41H62F4O10. The second-order valence-corrected chi connectivity index (χ2v) is 15.3. The van der Waals surface area contributed by atoms with E-state index in [1.165, 1.54) is 0 Å². The standard InChI is InChI=1S/C21H32F2O5.C20H30F2O5/c1-2-3-13-21(22,23)19(26)12-11-16-15(17(24)14-18(16)25)9-7-5-4-6-8-10-20(27)28;1-2-3-11-19(21,22)20(26)12-10-15-14(16(23)13-17(15)27-20)8-6-4-5-7-9-18(24)25/h5,7,15-16,18,25H,2-4,6,8-14H2,1H3,(H,27,28);4,6,14-15,17,26H,2-3,5,7-13H2,1H3,(H,24,25)/b7-5-;6-4-/t15-,16-,18-;14-,15-,17-,20?/m11/s1. The zero-order chi connectivity index (χ0) is 41.2. The fourth-order valence-electron chi connectivity index (χ4n) is 7.72. The Morgan fingerprint density at radius 2 is 1.35 bits per heavy atom. The van der Waals surface area contributed by atoms with Crippen molar-refractivity contribution in [3.63, 3.8) is 0 Å². The third kappa shape index (κ3) is 15.5. The van der Waals surface area contributed by atoms with Crippen LogP contribution in [-0.4, -0.2) is 79.6 Å². The second kappa shape index (κ2) is 23.3. The fourth-order valence-corrected chi connectivity index (χ4v) is 7.72. The van der Waals surface area contributed by atoms with Gasteiger partial charge in [-0.3, -0.25) is 24.0 Å². The van der Waals surface area contributed by atoms with E-state index in [0.717, 1.165) is 6.42 Å². The van der Waals surface area contributed by atoms with Crippen LogP contribution in [0.15, 0.2) is 24.3 Å². The molecule has 0 aromatic rings. The number of unbranched alkanes of at least 4 members (excludes halogenated alkanes) is 5. The Labute approximate surface area is 322 Å². The number of allylic oxidation sites excluding steroid dienone is 4. The molecule has 1 saturated heterocycles. The fraction of sp³-hybridized carbons (Fsp3) is 0.780. The summed E-state index contributed by atoms with van der Waals surface area (Å²) in [6.07, 6.45) is 11.1. The molecule has 3 rings (SSSR count). The molecule has 0 amide bonds.